The van der Waals surface area contributed by atoms with Gasteiger partial charge in [0, 0.05) is 0 Å². The first kappa shape index (κ1) is 14.5. The summed E-state index contributed by atoms with van der Waals surface area (Å²) in [5.74, 6) is -0.0349. The van der Waals surface area contributed by atoms with Gasteiger partial charge in [-0.3, -0.25) is 0 Å². The molecule has 18 heavy (non-hydrogen) atoms. The van der Waals surface area contributed by atoms with E-state index in [2.05, 4.69) is 0 Å². The summed E-state index contributed by atoms with van der Waals surface area (Å²) in [4.78, 5) is 0.223. The molecule has 0 aliphatic rings. The predicted molar refractivity (Wildman–Crippen MR) is 69.0 cm³/mol. The Labute approximate surface area is 108 Å². The number of nitrogens with zero attached hydrogens (tertiary/aromatic N) is 1. The molecule has 1 aromatic rings. The van der Waals surface area contributed by atoms with E-state index in [0.29, 0.717) is 5.75 Å². The minimum absolute atomic E-state index is 0.0473. The molecule has 0 saturated heterocycles. The first-order chi connectivity index (χ1) is 8.35. The van der Waals surface area contributed by atoms with E-state index in [9.17, 15) is 8.42 Å². The maximum atomic E-state index is 11.9. The van der Waals surface area contributed by atoms with E-state index >= 15 is 0 Å². The minimum atomic E-state index is -3.39. The lowest BCUT2D eigenvalue weighted by molar-refractivity contribution is 0.242. The van der Waals surface area contributed by atoms with Crippen LogP contribution >= 0.6 is 0 Å². The molecule has 98 valence electrons. The van der Waals surface area contributed by atoms with Gasteiger partial charge in [0.1, 0.15) is 5.75 Å². The van der Waals surface area contributed by atoms with Crippen molar-refractivity contribution < 1.29 is 13.2 Å². The van der Waals surface area contributed by atoms with E-state index in [1.54, 1.807) is 19.1 Å². The second-order valence-corrected chi connectivity index (χ2v) is 6.48. The van der Waals surface area contributed by atoms with Crippen LogP contribution in [0.2, 0.25) is 0 Å². The van der Waals surface area contributed by atoms with Crippen LogP contribution in [0.4, 0.5) is 0 Å². The van der Waals surface area contributed by atoms with Crippen LogP contribution in [-0.2, 0) is 9.84 Å². The van der Waals surface area contributed by atoms with E-state index in [-0.39, 0.29) is 16.8 Å². The molecule has 0 radical (unpaired) electrons. The number of hydrogen-bond acceptors (Lipinski definition) is 4. The molecule has 4 nitrogen and oxygen atoms in total. The zero-order valence-electron chi connectivity index (χ0n) is 10.8. The van der Waals surface area contributed by atoms with Gasteiger partial charge in [-0.05, 0) is 45.0 Å². The van der Waals surface area contributed by atoms with Crippen molar-refractivity contribution in [3.8, 4) is 11.8 Å². The fourth-order valence-electron chi connectivity index (χ4n) is 1.46. The number of nitriles is 1. The smallest absolute Gasteiger partial charge is 0.179 e. The number of ether oxygens (including phenoxy) is 1. The van der Waals surface area contributed by atoms with Crippen molar-refractivity contribution >= 4 is 9.84 Å². The van der Waals surface area contributed by atoms with Gasteiger partial charge in [-0.25, -0.2) is 8.42 Å². The molecule has 0 spiro atoms. The van der Waals surface area contributed by atoms with Crippen molar-refractivity contribution in [2.24, 2.45) is 5.92 Å². The highest BCUT2D eigenvalue weighted by atomic mass is 32.2. The molecule has 0 saturated carbocycles. The Hall–Kier alpha value is -1.54. The highest BCUT2D eigenvalue weighted by Crippen LogP contribution is 2.19. The van der Waals surface area contributed by atoms with Crippen molar-refractivity contribution in [2.75, 3.05) is 5.75 Å². The van der Waals surface area contributed by atoms with Crippen LogP contribution in [0.25, 0.3) is 0 Å². The Morgan fingerprint density at radius 1 is 1.22 bits per heavy atom. The summed E-state index contributed by atoms with van der Waals surface area (Å²) in [6.07, 6.45) is 0.0473. The molecule has 1 unspecified atom stereocenters. The fraction of sp³-hybridized carbons (Fsp3) is 0.462. The van der Waals surface area contributed by atoms with Crippen molar-refractivity contribution in [3.05, 3.63) is 24.3 Å². The van der Waals surface area contributed by atoms with Crippen molar-refractivity contribution in [1.29, 1.82) is 5.26 Å². The molecule has 0 amide bonds. The lowest BCUT2D eigenvalue weighted by Crippen LogP contribution is -2.13. The van der Waals surface area contributed by atoms with Crippen LogP contribution in [0.1, 0.15) is 20.8 Å². The molecule has 1 rings (SSSR count). The first-order valence-corrected chi connectivity index (χ1v) is 7.39. The molecule has 0 aliphatic heterocycles. The van der Waals surface area contributed by atoms with Gasteiger partial charge >= 0.3 is 0 Å². The predicted octanol–water partition coefficient (Wildman–Crippen LogP) is 2.41. The van der Waals surface area contributed by atoms with Crippen LogP contribution < -0.4 is 4.74 Å². The molecule has 0 heterocycles. The van der Waals surface area contributed by atoms with Crippen LogP contribution in [0.3, 0.4) is 0 Å². The van der Waals surface area contributed by atoms with Crippen LogP contribution in [0, 0.1) is 17.2 Å². The van der Waals surface area contributed by atoms with E-state index in [0.717, 1.165) is 0 Å². The van der Waals surface area contributed by atoms with Gasteiger partial charge in [-0.1, -0.05) is 0 Å². The summed E-state index contributed by atoms with van der Waals surface area (Å²) in [6.45, 7) is 5.40. The highest BCUT2D eigenvalue weighted by Gasteiger charge is 2.18. The van der Waals surface area contributed by atoms with Gasteiger partial charge in [-0.15, -0.1) is 0 Å². The molecule has 1 aromatic carbocycles. The first-order valence-electron chi connectivity index (χ1n) is 5.74. The summed E-state index contributed by atoms with van der Waals surface area (Å²) in [5, 5.41) is 8.65. The van der Waals surface area contributed by atoms with Crippen LogP contribution in [-0.4, -0.2) is 20.3 Å². The number of rotatable bonds is 5. The van der Waals surface area contributed by atoms with Crippen molar-refractivity contribution in [3.63, 3.8) is 0 Å². The standard InChI is InChI=1S/C13H17NO3S/c1-10(2)17-12-4-6-13(7-5-12)18(15,16)9-11(3)8-14/h4-7,10-11H,9H2,1-3H3. The van der Waals surface area contributed by atoms with Gasteiger partial charge < -0.3 is 4.74 Å². The van der Waals surface area contributed by atoms with Gasteiger partial charge in [0.25, 0.3) is 0 Å². The Morgan fingerprint density at radius 3 is 2.22 bits per heavy atom. The lowest BCUT2D eigenvalue weighted by atomic mass is 10.3. The Bertz CT molecular complexity index is 526. The zero-order chi connectivity index (χ0) is 13.8. The third-order valence-electron chi connectivity index (χ3n) is 2.24. The Balaban J connectivity index is 2.88. The molecule has 1 atom stereocenters. The summed E-state index contributed by atoms with van der Waals surface area (Å²) < 4.78 is 29.3. The van der Waals surface area contributed by atoms with Gasteiger partial charge in [0.05, 0.1) is 28.7 Å². The monoisotopic (exact) mass is 267 g/mol. The van der Waals surface area contributed by atoms with E-state index < -0.39 is 15.8 Å². The topological polar surface area (TPSA) is 67.2 Å². The fourth-order valence-corrected chi connectivity index (χ4v) is 2.94. The lowest BCUT2D eigenvalue weighted by Gasteiger charge is -2.10. The highest BCUT2D eigenvalue weighted by molar-refractivity contribution is 7.91. The minimum Gasteiger partial charge on any atom is -0.491 e. The summed E-state index contributed by atoms with van der Waals surface area (Å²) in [5.41, 5.74) is 0. The second kappa shape index (κ2) is 5.87. The summed E-state index contributed by atoms with van der Waals surface area (Å²) in [7, 11) is -3.39. The second-order valence-electron chi connectivity index (χ2n) is 4.45. The van der Waals surface area contributed by atoms with Crippen LogP contribution in [0.5, 0.6) is 5.75 Å². The summed E-state index contributed by atoms with van der Waals surface area (Å²) >= 11 is 0. The molecule has 5 heteroatoms. The van der Waals surface area contributed by atoms with E-state index in [1.165, 1.54) is 12.1 Å². The molecule has 0 aromatic heterocycles. The molecule has 0 N–H and O–H groups in total. The van der Waals surface area contributed by atoms with Crippen molar-refractivity contribution in [1.82, 2.24) is 0 Å². The molecular formula is C13H17NO3S. The SMILES string of the molecule is CC(C#N)CS(=O)(=O)c1ccc(OC(C)C)cc1. The van der Waals surface area contributed by atoms with Crippen molar-refractivity contribution in [2.45, 2.75) is 31.8 Å². The molecular weight excluding hydrogens is 250 g/mol. The molecule has 0 aliphatic carbocycles. The third-order valence-corrected chi connectivity index (χ3v) is 4.17. The van der Waals surface area contributed by atoms with Gasteiger partial charge in [0.15, 0.2) is 9.84 Å². The average molecular weight is 267 g/mol. The molecule has 0 bridgehead atoms. The number of sulfone groups is 1. The van der Waals surface area contributed by atoms with Gasteiger partial charge in [0.2, 0.25) is 0 Å². The Kier molecular flexibility index (Phi) is 4.74. The number of hydrogen-bond donors (Lipinski definition) is 0. The Morgan fingerprint density at radius 2 is 1.78 bits per heavy atom. The largest absolute Gasteiger partial charge is 0.491 e. The molecule has 0 fully saturated rings. The van der Waals surface area contributed by atoms with E-state index in [4.69, 9.17) is 10.00 Å². The normalized spacial score (nSPS) is 13.1. The summed E-state index contributed by atoms with van der Waals surface area (Å²) in [6, 6.07) is 8.20. The maximum Gasteiger partial charge on any atom is 0.179 e. The number of benzene rings is 1. The third kappa shape index (κ3) is 4.04. The van der Waals surface area contributed by atoms with E-state index in [1.807, 2.05) is 19.9 Å². The van der Waals surface area contributed by atoms with Gasteiger partial charge in [-0.2, -0.15) is 5.26 Å². The zero-order valence-corrected chi connectivity index (χ0v) is 11.6. The maximum absolute atomic E-state index is 11.9. The van der Waals surface area contributed by atoms with Crippen LogP contribution in [0.15, 0.2) is 29.2 Å². The average Bonchev–Trinajstić information content (AvgIpc) is 2.28. The quantitative estimate of drug-likeness (QED) is 0.821.